The van der Waals surface area contributed by atoms with Gasteiger partial charge in [-0.25, -0.2) is 0 Å². The summed E-state index contributed by atoms with van der Waals surface area (Å²) in [5.74, 6) is -0.622. The van der Waals surface area contributed by atoms with Crippen molar-refractivity contribution in [3.63, 3.8) is 0 Å². The first kappa shape index (κ1) is 33.7. The third-order valence-corrected chi connectivity index (χ3v) is 8.41. The van der Waals surface area contributed by atoms with Crippen molar-refractivity contribution in [2.45, 2.75) is 130 Å². The fourth-order valence-electron chi connectivity index (χ4n) is 5.90. The predicted octanol–water partition coefficient (Wildman–Crippen LogP) is -7.44. The molecule has 3 aliphatic heterocycles. The Morgan fingerprint density at radius 2 is 1.52 bits per heavy atom. The third-order valence-electron chi connectivity index (χ3n) is 8.41. The number of carbonyl (C=O) groups excluding carboxylic acids is 1. The van der Waals surface area contributed by atoms with E-state index in [0.29, 0.717) is 0 Å². The summed E-state index contributed by atoms with van der Waals surface area (Å²) in [7, 11) is 1.53. The lowest BCUT2D eigenvalue weighted by Crippen LogP contribution is -2.70. The zero-order valence-electron chi connectivity index (χ0n) is 23.5. The summed E-state index contributed by atoms with van der Waals surface area (Å²) in [6.45, 7) is 0.802. The highest BCUT2D eigenvalue weighted by Gasteiger charge is 2.54. The summed E-state index contributed by atoms with van der Waals surface area (Å²) in [5.41, 5.74) is 23.8. The summed E-state index contributed by atoms with van der Waals surface area (Å²) >= 11 is 0. The summed E-state index contributed by atoms with van der Waals surface area (Å²) in [6, 6.07) is -5.26. The molecule has 3 heterocycles. The maximum Gasteiger partial charge on any atom is 0.237 e. The van der Waals surface area contributed by atoms with E-state index in [-0.39, 0.29) is 12.8 Å². The molecule has 0 bridgehead atoms. The molecule has 0 spiro atoms. The summed E-state index contributed by atoms with van der Waals surface area (Å²) in [5, 5.41) is 68.5. The van der Waals surface area contributed by atoms with Crippen LogP contribution in [0.1, 0.15) is 19.8 Å². The number of hydrogen-bond donors (Lipinski definition) is 12. The van der Waals surface area contributed by atoms with Gasteiger partial charge in [-0.2, -0.15) is 0 Å². The van der Waals surface area contributed by atoms with Gasteiger partial charge in [-0.05, 0) is 26.8 Å². The van der Waals surface area contributed by atoms with Gasteiger partial charge in [-0.15, -0.1) is 0 Å². The second kappa shape index (κ2) is 13.9. The largest absolute Gasteiger partial charge is 0.394 e. The molecule has 4 rings (SSSR count). The van der Waals surface area contributed by atoms with Crippen molar-refractivity contribution >= 4 is 5.91 Å². The number of hydrogen-bond acceptors (Lipinski definition) is 17. The maximum absolute atomic E-state index is 12.1. The highest BCUT2D eigenvalue weighted by molar-refractivity contribution is 5.81. The molecule has 1 aliphatic carbocycles. The molecule has 18 heteroatoms. The van der Waals surface area contributed by atoms with Gasteiger partial charge in [0.25, 0.3) is 0 Å². The molecule has 9 unspecified atom stereocenters. The van der Waals surface area contributed by atoms with Crippen LogP contribution in [-0.2, 0) is 28.5 Å². The van der Waals surface area contributed by atoms with E-state index in [1.54, 1.807) is 0 Å². The average Bonchev–Trinajstić information content (AvgIpc) is 2.94. The standard InChI is InChI=1S/C24H46N6O12/c1-6(25)21(37)30-12-11(5-31)39-24(18(36)15(12)33)42-23-13(29-2)16(34)20-10(38-23)4-9(28)22(41-20)40-19-8(27)3-7(26)14(32)17(19)35/h6-20,22-24,29,31-36H,3-5,25-28H2,1-2H3,(H,30,37)/t6-,7+,8?,9?,10-,11?,12+,13?,14?,15+,16?,17+,18?,19+,20?,22-,23?,24+/m0/s1. The van der Waals surface area contributed by atoms with E-state index in [4.69, 9.17) is 46.6 Å². The van der Waals surface area contributed by atoms with E-state index in [1.807, 2.05) is 0 Å². The quantitative estimate of drug-likeness (QED) is 0.121. The van der Waals surface area contributed by atoms with E-state index < -0.39 is 123 Å². The molecule has 1 amide bonds. The Balaban J connectivity index is 1.42. The zero-order chi connectivity index (χ0) is 31.0. The number of aliphatic hydroxyl groups is 6. The Labute approximate surface area is 242 Å². The van der Waals surface area contributed by atoms with Crippen molar-refractivity contribution < 1.29 is 59.1 Å². The second-order valence-electron chi connectivity index (χ2n) is 11.5. The minimum atomic E-state index is -1.68. The lowest BCUT2D eigenvalue weighted by Gasteiger charge is -2.51. The van der Waals surface area contributed by atoms with Crippen LogP contribution in [0.15, 0.2) is 0 Å². The van der Waals surface area contributed by atoms with Gasteiger partial charge in [-0.3, -0.25) is 4.79 Å². The van der Waals surface area contributed by atoms with Crippen molar-refractivity contribution in [1.82, 2.24) is 10.6 Å². The molecule has 4 aliphatic rings. The number of amides is 1. The van der Waals surface area contributed by atoms with Crippen LogP contribution in [0.4, 0.5) is 0 Å². The van der Waals surface area contributed by atoms with Gasteiger partial charge in [0.1, 0.15) is 42.7 Å². The molecule has 42 heavy (non-hydrogen) atoms. The van der Waals surface area contributed by atoms with Gasteiger partial charge < -0.3 is 87.9 Å². The molecular weight excluding hydrogens is 564 g/mol. The first-order valence-corrected chi connectivity index (χ1v) is 14.1. The summed E-state index contributed by atoms with van der Waals surface area (Å²) in [4.78, 5) is 12.1. The first-order valence-electron chi connectivity index (χ1n) is 14.1. The molecule has 0 aromatic heterocycles. The molecule has 244 valence electrons. The molecule has 16 N–H and O–H groups in total. The van der Waals surface area contributed by atoms with Crippen LogP contribution in [0.25, 0.3) is 0 Å². The highest BCUT2D eigenvalue weighted by Crippen LogP contribution is 2.35. The van der Waals surface area contributed by atoms with Crippen molar-refractivity contribution in [1.29, 1.82) is 0 Å². The monoisotopic (exact) mass is 610 g/mol. The summed E-state index contributed by atoms with van der Waals surface area (Å²) in [6.07, 6.45) is -14.7. The van der Waals surface area contributed by atoms with Gasteiger partial charge in [0.15, 0.2) is 18.9 Å². The Hall–Kier alpha value is -1.17. The van der Waals surface area contributed by atoms with Crippen LogP contribution >= 0.6 is 0 Å². The van der Waals surface area contributed by atoms with Gasteiger partial charge in [-0.1, -0.05) is 0 Å². The minimum Gasteiger partial charge on any atom is -0.394 e. The van der Waals surface area contributed by atoms with Gasteiger partial charge in [0.05, 0.1) is 43.0 Å². The molecule has 1 saturated carbocycles. The SMILES string of the molecule is CNC1C(O[C@H]2OC(CO)[C@@H](NC(=O)[C@H](C)N)[C@@H](O)C2O)O[C@H]2CC(N)[C@@H](O[C@@H]3C(N)C[C@@H](N)C(O)[C@H]3O)OC2C1O. The highest BCUT2D eigenvalue weighted by atomic mass is 16.8. The van der Waals surface area contributed by atoms with Crippen LogP contribution in [0, 0.1) is 0 Å². The van der Waals surface area contributed by atoms with Crippen molar-refractivity contribution in [3.05, 3.63) is 0 Å². The summed E-state index contributed by atoms with van der Waals surface area (Å²) < 4.78 is 29.5. The maximum atomic E-state index is 12.1. The van der Waals surface area contributed by atoms with Crippen LogP contribution in [0.3, 0.4) is 0 Å². The molecular formula is C24H46N6O12. The molecule has 18 nitrogen and oxygen atoms in total. The number of nitrogens with two attached hydrogens (primary N) is 4. The van der Waals surface area contributed by atoms with Crippen molar-refractivity contribution in [3.8, 4) is 0 Å². The van der Waals surface area contributed by atoms with Crippen molar-refractivity contribution in [2.24, 2.45) is 22.9 Å². The smallest absolute Gasteiger partial charge is 0.237 e. The van der Waals surface area contributed by atoms with Crippen LogP contribution in [-0.4, -0.2) is 160 Å². The first-order chi connectivity index (χ1) is 19.8. The van der Waals surface area contributed by atoms with E-state index in [0.717, 1.165) is 0 Å². The van der Waals surface area contributed by atoms with Crippen LogP contribution in [0.5, 0.6) is 0 Å². The number of likely N-dealkylation sites (N-methyl/N-ethyl adjacent to an activating group) is 1. The molecule has 0 aromatic rings. The average molecular weight is 611 g/mol. The lowest BCUT2D eigenvalue weighted by atomic mass is 9.84. The number of ether oxygens (including phenoxy) is 5. The van der Waals surface area contributed by atoms with Crippen LogP contribution < -0.4 is 33.6 Å². The van der Waals surface area contributed by atoms with Crippen molar-refractivity contribution in [2.75, 3.05) is 13.7 Å². The zero-order valence-corrected chi connectivity index (χ0v) is 23.5. The Morgan fingerprint density at radius 3 is 2.14 bits per heavy atom. The predicted molar refractivity (Wildman–Crippen MR) is 141 cm³/mol. The number of nitrogens with one attached hydrogen (secondary N) is 2. The van der Waals surface area contributed by atoms with E-state index >= 15 is 0 Å². The van der Waals surface area contributed by atoms with Gasteiger partial charge in [0.2, 0.25) is 5.91 Å². The van der Waals surface area contributed by atoms with E-state index in [1.165, 1.54) is 14.0 Å². The fourth-order valence-corrected chi connectivity index (χ4v) is 5.90. The third kappa shape index (κ3) is 6.74. The second-order valence-corrected chi connectivity index (χ2v) is 11.5. The minimum absolute atomic E-state index is 0.115. The number of carbonyl (C=O) groups is 1. The molecule has 3 saturated heterocycles. The Morgan fingerprint density at radius 1 is 0.833 bits per heavy atom. The van der Waals surface area contributed by atoms with Crippen LogP contribution in [0.2, 0.25) is 0 Å². The number of fused-ring (bicyclic) bond motifs is 1. The normalized spacial score (nSPS) is 50.5. The van der Waals surface area contributed by atoms with E-state index in [2.05, 4.69) is 10.6 Å². The van der Waals surface area contributed by atoms with E-state index in [9.17, 15) is 35.4 Å². The number of rotatable bonds is 8. The van der Waals surface area contributed by atoms with Gasteiger partial charge >= 0.3 is 0 Å². The Bertz CT molecular complexity index is 906. The molecule has 0 radical (unpaired) electrons. The molecule has 0 aromatic carbocycles. The van der Waals surface area contributed by atoms with Gasteiger partial charge in [0, 0.05) is 12.1 Å². The topological polar surface area (TPSA) is 313 Å². The fraction of sp³-hybridized carbons (Fsp3) is 0.958. The molecule has 4 fully saturated rings. The molecule has 18 atom stereocenters. The lowest BCUT2D eigenvalue weighted by molar-refractivity contribution is -0.373. The Kier molecular flexibility index (Phi) is 11.1. The number of aliphatic hydroxyl groups excluding tert-OH is 6.